The Balaban J connectivity index is 5.30. The van der Waals surface area contributed by atoms with Gasteiger partial charge in [-0.1, -0.05) is 285 Å². The van der Waals surface area contributed by atoms with Gasteiger partial charge >= 0.3 is 39.5 Å². The Labute approximate surface area is 554 Å². The molecule has 3 N–H and O–H groups in total. The number of allylic oxidation sites excluding steroid dienone is 4. The van der Waals surface area contributed by atoms with Crippen molar-refractivity contribution < 1.29 is 80.2 Å². The molecule has 0 aromatic carbocycles. The van der Waals surface area contributed by atoms with Crippen molar-refractivity contribution in [1.29, 1.82) is 0 Å². The molecule has 0 spiro atoms. The molecule has 0 fully saturated rings. The average molecular weight is 1340 g/mol. The lowest BCUT2D eigenvalue weighted by Crippen LogP contribution is -2.30. The van der Waals surface area contributed by atoms with Crippen LogP contribution in [0.2, 0.25) is 0 Å². The minimum Gasteiger partial charge on any atom is -0.462 e. The number of ether oxygens (including phenoxy) is 4. The molecule has 0 aromatic heterocycles. The summed E-state index contributed by atoms with van der Waals surface area (Å²) < 4.78 is 68.3. The first-order valence-corrected chi connectivity index (χ1v) is 39.7. The molecule has 0 bridgehead atoms. The molecule has 0 amide bonds. The van der Waals surface area contributed by atoms with Gasteiger partial charge in [0.15, 0.2) is 12.2 Å². The van der Waals surface area contributed by atoms with Crippen molar-refractivity contribution in [3.05, 3.63) is 24.3 Å². The van der Waals surface area contributed by atoms with Crippen molar-refractivity contribution in [3.8, 4) is 0 Å². The summed E-state index contributed by atoms with van der Waals surface area (Å²) in [5.41, 5.74) is 0. The van der Waals surface area contributed by atoms with Crippen molar-refractivity contribution in [3.63, 3.8) is 0 Å². The Kier molecular flexibility index (Phi) is 60.7. The zero-order chi connectivity index (χ0) is 67.3. The molecule has 536 valence electrons. The van der Waals surface area contributed by atoms with Crippen LogP contribution in [0.25, 0.3) is 0 Å². The molecule has 0 aliphatic heterocycles. The molecule has 6 atom stereocenters. The molecule has 3 unspecified atom stereocenters. The Morgan fingerprint density at radius 3 is 0.978 bits per heavy atom. The number of aliphatic hydroxyl groups is 1. The van der Waals surface area contributed by atoms with E-state index in [0.717, 1.165) is 127 Å². The van der Waals surface area contributed by atoms with Gasteiger partial charge in [0.05, 0.1) is 26.4 Å². The monoisotopic (exact) mass is 1330 g/mol. The summed E-state index contributed by atoms with van der Waals surface area (Å²) in [4.78, 5) is 72.6. The summed E-state index contributed by atoms with van der Waals surface area (Å²) in [5.74, 6) is 0.0778. The first kappa shape index (κ1) is 88.5. The summed E-state index contributed by atoms with van der Waals surface area (Å²) in [6.07, 6.45) is 49.4. The highest BCUT2D eigenvalue weighted by molar-refractivity contribution is 7.47. The van der Waals surface area contributed by atoms with Crippen molar-refractivity contribution in [2.75, 3.05) is 39.6 Å². The van der Waals surface area contributed by atoms with E-state index < -0.39 is 97.5 Å². The van der Waals surface area contributed by atoms with Gasteiger partial charge in [-0.15, -0.1) is 0 Å². The first-order valence-electron chi connectivity index (χ1n) is 36.7. The van der Waals surface area contributed by atoms with E-state index in [0.29, 0.717) is 25.7 Å². The predicted octanol–water partition coefficient (Wildman–Crippen LogP) is 20.2. The van der Waals surface area contributed by atoms with Crippen molar-refractivity contribution >= 4 is 39.5 Å². The summed E-state index contributed by atoms with van der Waals surface area (Å²) in [5, 5.41) is 10.6. The van der Waals surface area contributed by atoms with E-state index in [9.17, 15) is 43.2 Å². The van der Waals surface area contributed by atoms with Crippen LogP contribution in [-0.4, -0.2) is 96.7 Å². The van der Waals surface area contributed by atoms with E-state index in [1.165, 1.54) is 128 Å². The van der Waals surface area contributed by atoms with Crippen LogP contribution >= 0.6 is 15.6 Å². The summed E-state index contributed by atoms with van der Waals surface area (Å²) in [7, 11) is -9.92. The molecule has 0 radical (unpaired) electrons. The molecule has 0 heterocycles. The molecular weight excluding hydrogens is 1200 g/mol. The van der Waals surface area contributed by atoms with Crippen LogP contribution in [-0.2, 0) is 65.4 Å². The molecular formula is C72H136O17P2. The minimum atomic E-state index is -4.96. The molecule has 19 heteroatoms. The van der Waals surface area contributed by atoms with E-state index in [1.807, 2.05) is 0 Å². The highest BCUT2D eigenvalue weighted by Gasteiger charge is 2.30. The normalized spacial score (nSPS) is 14.6. The number of hydrogen-bond acceptors (Lipinski definition) is 15. The zero-order valence-corrected chi connectivity index (χ0v) is 60.6. The van der Waals surface area contributed by atoms with E-state index >= 15 is 0 Å². The van der Waals surface area contributed by atoms with E-state index in [2.05, 4.69) is 72.8 Å². The molecule has 0 aliphatic carbocycles. The lowest BCUT2D eigenvalue weighted by atomic mass is 10.00. The van der Waals surface area contributed by atoms with Crippen LogP contribution in [0, 0.1) is 17.8 Å². The van der Waals surface area contributed by atoms with Gasteiger partial charge in [-0.2, -0.15) is 0 Å². The molecule has 0 saturated heterocycles. The number of rotatable bonds is 68. The molecule has 17 nitrogen and oxygen atoms in total. The second kappa shape index (κ2) is 62.4. The van der Waals surface area contributed by atoms with E-state index in [-0.39, 0.29) is 25.7 Å². The third-order valence-electron chi connectivity index (χ3n) is 16.4. The van der Waals surface area contributed by atoms with Crippen LogP contribution in [0.4, 0.5) is 0 Å². The molecule has 0 saturated carbocycles. The quantitative estimate of drug-likeness (QED) is 0.0169. The highest BCUT2D eigenvalue weighted by Crippen LogP contribution is 2.45. The van der Waals surface area contributed by atoms with Crippen molar-refractivity contribution in [2.45, 2.75) is 356 Å². The van der Waals surface area contributed by atoms with Crippen LogP contribution < -0.4 is 0 Å². The predicted molar refractivity (Wildman–Crippen MR) is 367 cm³/mol. The SMILES string of the molecule is CCCCCC/C=C\C=C/CCCCCCCC(=O)O[C@H](COC(=O)CCCCCCCCC(C)CC)COP(=O)(O)OC[C@H](O)COP(=O)(O)OC[C@@H](COC(=O)CCCCCCCCCCCC(C)C)OC(=O)CCCCCCCCCCCCCC(C)C. The fourth-order valence-electron chi connectivity index (χ4n) is 10.3. The van der Waals surface area contributed by atoms with E-state index in [1.54, 1.807) is 0 Å². The number of carbonyl (C=O) groups is 4. The largest absolute Gasteiger partial charge is 0.472 e. The molecule has 91 heavy (non-hydrogen) atoms. The van der Waals surface area contributed by atoms with Crippen LogP contribution in [0.5, 0.6) is 0 Å². The van der Waals surface area contributed by atoms with Gasteiger partial charge in [0, 0.05) is 25.7 Å². The van der Waals surface area contributed by atoms with Gasteiger partial charge in [-0.25, -0.2) is 9.13 Å². The van der Waals surface area contributed by atoms with Crippen molar-refractivity contribution in [1.82, 2.24) is 0 Å². The second-order valence-corrected chi connectivity index (χ2v) is 29.4. The minimum absolute atomic E-state index is 0.0837. The number of phosphoric acid groups is 2. The summed E-state index contributed by atoms with van der Waals surface area (Å²) >= 11 is 0. The fourth-order valence-corrected chi connectivity index (χ4v) is 11.9. The summed E-state index contributed by atoms with van der Waals surface area (Å²) in [6, 6.07) is 0. The molecule has 0 aromatic rings. The smallest absolute Gasteiger partial charge is 0.462 e. The topological polar surface area (TPSA) is 237 Å². The average Bonchev–Trinajstić information content (AvgIpc) is 3.54. The Hall–Kier alpha value is -2.46. The molecule has 0 aliphatic rings. The van der Waals surface area contributed by atoms with Gasteiger partial charge in [-0.05, 0) is 69.1 Å². The van der Waals surface area contributed by atoms with Gasteiger partial charge in [0.2, 0.25) is 0 Å². The van der Waals surface area contributed by atoms with Crippen LogP contribution in [0.3, 0.4) is 0 Å². The highest BCUT2D eigenvalue weighted by atomic mass is 31.2. The van der Waals surface area contributed by atoms with Gasteiger partial charge in [0.1, 0.15) is 19.3 Å². The Bertz CT molecular complexity index is 1880. The third kappa shape index (κ3) is 64.6. The fraction of sp³-hybridized carbons (Fsp3) is 0.889. The van der Waals surface area contributed by atoms with Crippen LogP contribution in [0.1, 0.15) is 337 Å². The first-order chi connectivity index (χ1) is 43.8. The maximum Gasteiger partial charge on any atom is 0.472 e. The standard InChI is InChI=1S/C72H136O17P2/c1-8-10-11-12-13-14-15-16-17-18-21-26-32-41-48-55-71(76)89-68(60-83-70(75)54-47-40-35-34-38-45-52-65(7)9-2)62-87-91(80,81)85-58-66(73)57-84-90(78,79)86-61-67(59-82-69(74)53-46-39-31-28-23-25-30-37-44-51-64(5)6)88-72(77)56-49-42-33-27-22-19-20-24-29-36-43-50-63(3)4/h14-17,63-68,73H,8-13,18-62H2,1-7H3,(H,78,79)(H,80,81)/b15-14-,17-16-/t65?,66-,67-,68-/m1/s1. The number of hydrogen-bond donors (Lipinski definition) is 3. The van der Waals surface area contributed by atoms with Crippen LogP contribution in [0.15, 0.2) is 24.3 Å². The van der Waals surface area contributed by atoms with Gasteiger partial charge in [-0.3, -0.25) is 37.3 Å². The maximum atomic E-state index is 13.0. The Morgan fingerprint density at radius 2 is 0.648 bits per heavy atom. The van der Waals surface area contributed by atoms with Gasteiger partial charge in [0.25, 0.3) is 0 Å². The van der Waals surface area contributed by atoms with Gasteiger partial charge < -0.3 is 33.8 Å². The number of phosphoric ester groups is 2. The lowest BCUT2D eigenvalue weighted by molar-refractivity contribution is -0.161. The Morgan fingerprint density at radius 1 is 0.363 bits per heavy atom. The van der Waals surface area contributed by atoms with Crippen molar-refractivity contribution in [2.24, 2.45) is 17.8 Å². The second-order valence-electron chi connectivity index (χ2n) is 26.5. The number of aliphatic hydroxyl groups excluding tert-OH is 1. The maximum absolute atomic E-state index is 13.0. The number of esters is 4. The third-order valence-corrected chi connectivity index (χ3v) is 18.3. The molecule has 0 rings (SSSR count). The number of carbonyl (C=O) groups excluding carboxylic acids is 4. The van der Waals surface area contributed by atoms with E-state index in [4.69, 9.17) is 37.0 Å². The summed E-state index contributed by atoms with van der Waals surface area (Å²) in [6.45, 7) is 11.7. The lowest BCUT2D eigenvalue weighted by Gasteiger charge is -2.21. The number of unbranched alkanes of at least 4 members (excludes halogenated alkanes) is 32. The zero-order valence-electron chi connectivity index (χ0n) is 58.8.